The number of ether oxygens (including phenoxy) is 1. The van der Waals surface area contributed by atoms with Gasteiger partial charge >= 0.3 is 6.09 Å². The Kier molecular flexibility index (Phi) is 11.1. The number of para-hydroxylation sites is 1. The lowest BCUT2D eigenvalue weighted by Crippen LogP contribution is -2.33. The fourth-order valence-electron chi connectivity index (χ4n) is 2.80. The zero-order valence-electron chi connectivity index (χ0n) is 16.1. The van der Waals surface area contributed by atoms with Gasteiger partial charge in [-0.15, -0.1) is 0 Å². The largest absolute Gasteiger partial charge is 0.444 e. The summed E-state index contributed by atoms with van der Waals surface area (Å²) in [6.07, 6.45) is 8.36. The quantitative estimate of drug-likeness (QED) is 0.256. The van der Waals surface area contributed by atoms with Gasteiger partial charge < -0.3 is 9.64 Å². The zero-order chi connectivity index (χ0) is 19.2. The third-order valence-corrected chi connectivity index (χ3v) is 4.36. The molecule has 0 atom stereocenters. The zero-order valence-corrected chi connectivity index (χ0v) is 16.1. The second kappa shape index (κ2) is 13.1. The first-order valence-electron chi connectivity index (χ1n) is 9.74. The van der Waals surface area contributed by atoms with Crippen LogP contribution in [0.3, 0.4) is 0 Å². The number of carbonyl (C=O) groups is 1. The van der Waals surface area contributed by atoms with E-state index in [-0.39, 0.29) is 18.4 Å². The number of hydrogen-bond donors (Lipinski definition) is 0. The van der Waals surface area contributed by atoms with Crippen molar-refractivity contribution in [2.75, 3.05) is 13.1 Å². The second-order valence-electron chi connectivity index (χ2n) is 6.55. The van der Waals surface area contributed by atoms with Crippen molar-refractivity contribution in [3.05, 3.63) is 39.9 Å². The molecule has 6 nitrogen and oxygen atoms in total. The van der Waals surface area contributed by atoms with E-state index in [2.05, 4.69) is 13.8 Å². The number of hydrogen-bond acceptors (Lipinski definition) is 4. The van der Waals surface area contributed by atoms with E-state index in [1.165, 1.54) is 6.07 Å². The highest BCUT2D eigenvalue weighted by molar-refractivity contribution is 5.67. The Bertz CT molecular complexity index is 536. The maximum atomic E-state index is 12.5. The normalized spacial score (nSPS) is 10.5. The average molecular weight is 364 g/mol. The molecule has 1 rings (SSSR count). The molecule has 0 fully saturated rings. The second-order valence-corrected chi connectivity index (χ2v) is 6.55. The molecule has 146 valence electrons. The van der Waals surface area contributed by atoms with Gasteiger partial charge in [0.25, 0.3) is 5.69 Å². The van der Waals surface area contributed by atoms with Crippen LogP contribution in [0.1, 0.15) is 70.8 Å². The number of benzene rings is 1. The summed E-state index contributed by atoms with van der Waals surface area (Å²) in [5.74, 6) is 0. The van der Waals surface area contributed by atoms with E-state index in [1.807, 2.05) is 0 Å². The highest BCUT2D eigenvalue weighted by atomic mass is 16.6. The summed E-state index contributed by atoms with van der Waals surface area (Å²) in [6, 6.07) is 6.37. The maximum absolute atomic E-state index is 12.5. The summed E-state index contributed by atoms with van der Waals surface area (Å²) in [4.78, 5) is 24.8. The Balaban J connectivity index is 2.58. The molecule has 0 aliphatic rings. The van der Waals surface area contributed by atoms with Gasteiger partial charge in [-0.25, -0.2) is 4.79 Å². The topological polar surface area (TPSA) is 72.7 Å². The van der Waals surface area contributed by atoms with Crippen molar-refractivity contribution in [3.8, 4) is 0 Å². The molecule has 0 saturated carbocycles. The predicted octanol–water partition coefficient (Wildman–Crippen LogP) is 5.69. The lowest BCUT2D eigenvalue weighted by molar-refractivity contribution is -0.385. The number of unbranched alkanes of at least 4 members (excludes halogenated alkanes) is 6. The predicted molar refractivity (Wildman–Crippen MR) is 103 cm³/mol. The van der Waals surface area contributed by atoms with E-state index >= 15 is 0 Å². The van der Waals surface area contributed by atoms with Gasteiger partial charge in [0.05, 0.1) is 10.5 Å². The van der Waals surface area contributed by atoms with E-state index in [0.717, 1.165) is 51.4 Å². The van der Waals surface area contributed by atoms with Crippen molar-refractivity contribution in [3.63, 3.8) is 0 Å². The summed E-state index contributed by atoms with van der Waals surface area (Å²) in [6.45, 7) is 5.60. The monoisotopic (exact) mass is 364 g/mol. The summed E-state index contributed by atoms with van der Waals surface area (Å²) >= 11 is 0. The highest BCUT2D eigenvalue weighted by Crippen LogP contribution is 2.19. The molecule has 6 heteroatoms. The van der Waals surface area contributed by atoms with Crippen LogP contribution in [0.15, 0.2) is 24.3 Å². The van der Waals surface area contributed by atoms with Crippen molar-refractivity contribution in [2.45, 2.75) is 71.8 Å². The van der Waals surface area contributed by atoms with Crippen LogP contribution in [0.25, 0.3) is 0 Å². The van der Waals surface area contributed by atoms with E-state index in [1.54, 1.807) is 23.1 Å². The Morgan fingerprint density at radius 3 is 2.12 bits per heavy atom. The standard InChI is InChI=1S/C20H32N2O4/c1-3-5-7-11-15-21(16-12-8-6-4-2)20(23)26-17-18-13-9-10-14-19(18)22(24)25/h9-10,13-14H,3-8,11-12,15-17H2,1-2H3. The number of amides is 1. The van der Waals surface area contributed by atoms with Crippen LogP contribution in [0.2, 0.25) is 0 Å². The van der Waals surface area contributed by atoms with Crippen LogP contribution in [0.5, 0.6) is 0 Å². The van der Waals surface area contributed by atoms with Gasteiger partial charge in [0.1, 0.15) is 6.61 Å². The fourth-order valence-corrected chi connectivity index (χ4v) is 2.80. The summed E-state index contributed by atoms with van der Waals surface area (Å²) in [7, 11) is 0. The molecule has 0 N–H and O–H groups in total. The molecule has 0 spiro atoms. The first-order valence-corrected chi connectivity index (χ1v) is 9.74. The minimum Gasteiger partial charge on any atom is -0.444 e. The Morgan fingerprint density at radius 1 is 1.00 bits per heavy atom. The molecule has 0 heterocycles. The molecule has 1 aromatic carbocycles. The van der Waals surface area contributed by atoms with E-state index in [9.17, 15) is 14.9 Å². The maximum Gasteiger partial charge on any atom is 0.410 e. The number of nitro groups is 1. The van der Waals surface area contributed by atoms with Crippen LogP contribution in [-0.2, 0) is 11.3 Å². The molecule has 0 unspecified atom stereocenters. The molecule has 0 aromatic heterocycles. The number of nitro benzene ring substituents is 1. The molecule has 0 radical (unpaired) electrons. The van der Waals surface area contributed by atoms with E-state index in [4.69, 9.17) is 4.74 Å². The Labute approximate surface area is 156 Å². The molecule has 26 heavy (non-hydrogen) atoms. The first kappa shape index (κ1) is 21.9. The van der Waals surface area contributed by atoms with Crippen molar-refractivity contribution in [1.82, 2.24) is 4.90 Å². The highest BCUT2D eigenvalue weighted by Gasteiger charge is 2.18. The minimum atomic E-state index is -0.448. The molecular formula is C20H32N2O4. The number of nitrogens with zero attached hydrogens (tertiary/aromatic N) is 2. The molecule has 0 aliphatic carbocycles. The summed E-state index contributed by atoms with van der Waals surface area (Å²) in [5.41, 5.74) is 0.403. The third-order valence-electron chi connectivity index (χ3n) is 4.36. The van der Waals surface area contributed by atoms with Crippen LogP contribution < -0.4 is 0 Å². The van der Waals surface area contributed by atoms with Gasteiger partial charge in [-0.1, -0.05) is 64.5 Å². The lowest BCUT2D eigenvalue weighted by Gasteiger charge is -2.22. The van der Waals surface area contributed by atoms with Gasteiger partial charge in [0, 0.05) is 19.2 Å². The molecule has 0 bridgehead atoms. The van der Waals surface area contributed by atoms with Crippen LogP contribution >= 0.6 is 0 Å². The van der Waals surface area contributed by atoms with Gasteiger partial charge in [0.2, 0.25) is 0 Å². The molecule has 1 amide bonds. The van der Waals surface area contributed by atoms with Crippen LogP contribution in [0, 0.1) is 10.1 Å². The van der Waals surface area contributed by atoms with Crippen LogP contribution in [-0.4, -0.2) is 29.0 Å². The van der Waals surface area contributed by atoms with Crippen molar-refractivity contribution in [1.29, 1.82) is 0 Å². The smallest absolute Gasteiger partial charge is 0.410 e. The molecule has 0 saturated heterocycles. The minimum absolute atomic E-state index is 0.0160. The van der Waals surface area contributed by atoms with E-state index < -0.39 is 4.92 Å². The van der Waals surface area contributed by atoms with Crippen molar-refractivity contribution in [2.24, 2.45) is 0 Å². The summed E-state index contributed by atoms with van der Waals surface area (Å²) in [5, 5.41) is 11.1. The van der Waals surface area contributed by atoms with Gasteiger partial charge in [-0.2, -0.15) is 0 Å². The fraction of sp³-hybridized carbons (Fsp3) is 0.650. The van der Waals surface area contributed by atoms with Gasteiger partial charge in [-0.05, 0) is 18.9 Å². The van der Waals surface area contributed by atoms with Gasteiger partial charge in [0.15, 0.2) is 0 Å². The Morgan fingerprint density at radius 2 is 1.58 bits per heavy atom. The molecular weight excluding hydrogens is 332 g/mol. The third kappa shape index (κ3) is 8.32. The number of carbonyl (C=O) groups excluding carboxylic acids is 1. The number of rotatable bonds is 13. The van der Waals surface area contributed by atoms with E-state index in [0.29, 0.717) is 18.7 Å². The molecule has 0 aliphatic heterocycles. The lowest BCUT2D eigenvalue weighted by atomic mass is 10.2. The first-order chi connectivity index (χ1) is 12.6. The summed E-state index contributed by atoms with van der Waals surface area (Å²) < 4.78 is 5.38. The van der Waals surface area contributed by atoms with Crippen molar-refractivity contribution >= 4 is 11.8 Å². The SMILES string of the molecule is CCCCCCN(CCCCCC)C(=O)OCc1ccccc1[N+](=O)[O-]. The van der Waals surface area contributed by atoms with Crippen LogP contribution in [0.4, 0.5) is 10.5 Å². The Hall–Kier alpha value is -2.11. The molecule has 1 aromatic rings. The average Bonchev–Trinajstić information content (AvgIpc) is 2.65. The van der Waals surface area contributed by atoms with Gasteiger partial charge in [-0.3, -0.25) is 10.1 Å². The van der Waals surface area contributed by atoms with Crippen molar-refractivity contribution < 1.29 is 14.5 Å².